The lowest BCUT2D eigenvalue weighted by Crippen LogP contribution is -2.17. The molecular formula is C14H22N2S. The Morgan fingerprint density at radius 2 is 2.00 bits per heavy atom. The summed E-state index contributed by atoms with van der Waals surface area (Å²) in [7, 11) is 0. The number of rotatable bonds is 4. The van der Waals surface area contributed by atoms with Gasteiger partial charge in [0.05, 0.1) is 0 Å². The van der Waals surface area contributed by atoms with Gasteiger partial charge in [0.25, 0.3) is 0 Å². The van der Waals surface area contributed by atoms with E-state index in [1.807, 2.05) is 19.1 Å². The SMILES string of the molecule is Cc1ccc(NCCC(C)(C)C)c(C(N)=S)c1. The van der Waals surface area contributed by atoms with Gasteiger partial charge in [0.15, 0.2) is 0 Å². The molecule has 0 amide bonds. The maximum absolute atomic E-state index is 5.73. The molecule has 0 saturated heterocycles. The largest absolute Gasteiger partial charge is 0.389 e. The zero-order valence-electron chi connectivity index (χ0n) is 11.1. The molecule has 0 bridgehead atoms. The van der Waals surface area contributed by atoms with Gasteiger partial charge in [-0.2, -0.15) is 0 Å². The molecule has 0 heterocycles. The number of hydrogen-bond donors (Lipinski definition) is 2. The molecule has 0 saturated carbocycles. The van der Waals surface area contributed by atoms with Crippen molar-refractivity contribution in [2.24, 2.45) is 11.1 Å². The van der Waals surface area contributed by atoms with Crippen LogP contribution in [-0.4, -0.2) is 11.5 Å². The Labute approximate surface area is 110 Å². The molecule has 0 aliphatic heterocycles. The zero-order valence-corrected chi connectivity index (χ0v) is 11.9. The molecule has 0 aliphatic carbocycles. The number of hydrogen-bond acceptors (Lipinski definition) is 2. The van der Waals surface area contributed by atoms with E-state index in [0.29, 0.717) is 10.4 Å². The first-order valence-electron chi connectivity index (χ1n) is 5.94. The van der Waals surface area contributed by atoms with Gasteiger partial charge in [0.1, 0.15) is 4.99 Å². The second-order valence-electron chi connectivity index (χ2n) is 5.65. The third-order valence-corrected chi connectivity index (χ3v) is 2.85. The van der Waals surface area contributed by atoms with Crippen LogP contribution >= 0.6 is 12.2 Å². The lowest BCUT2D eigenvalue weighted by Gasteiger charge is -2.19. The molecule has 0 aliphatic rings. The van der Waals surface area contributed by atoms with E-state index >= 15 is 0 Å². The summed E-state index contributed by atoms with van der Waals surface area (Å²) in [6.45, 7) is 9.68. The number of nitrogens with one attached hydrogen (secondary N) is 1. The minimum atomic E-state index is 0.334. The van der Waals surface area contributed by atoms with Crippen LogP contribution in [0.3, 0.4) is 0 Å². The van der Waals surface area contributed by atoms with Crippen molar-refractivity contribution in [1.82, 2.24) is 0 Å². The maximum atomic E-state index is 5.73. The summed E-state index contributed by atoms with van der Waals surface area (Å²) in [5.74, 6) is 0. The average molecular weight is 250 g/mol. The predicted octanol–water partition coefficient (Wildman–Crippen LogP) is 3.48. The molecule has 3 heteroatoms. The summed E-state index contributed by atoms with van der Waals surface area (Å²) < 4.78 is 0. The number of anilines is 1. The van der Waals surface area contributed by atoms with Crippen molar-refractivity contribution < 1.29 is 0 Å². The van der Waals surface area contributed by atoms with Crippen molar-refractivity contribution in [1.29, 1.82) is 0 Å². The van der Waals surface area contributed by atoms with Crippen molar-refractivity contribution >= 4 is 22.9 Å². The van der Waals surface area contributed by atoms with Crippen LogP contribution in [-0.2, 0) is 0 Å². The monoisotopic (exact) mass is 250 g/mol. The third-order valence-electron chi connectivity index (χ3n) is 2.63. The lowest BCUT2D eigenvalue weighted by atomic mass is 9.92. The summed E-state index contributed by atoms with van der Waals surface area (Å²) in [6.07, 6.45) is 1.11. The van der Waals surface area contributed by atoms with Gasteiger partial charge < -0.3 is 11.1 Å². The van der Waals surface area contributed by atoms with E-state index in [9.17, 15) is 0 Å². The van der Waals surface area contributed by atoms with E-state index < -0.39 is 0 Å². The molecule has 3 N–H and O–H groups in total. The van der Waals surface area contributed by atoms with Crippen LogP contribution in [0.15, 0.2) is 18.2 Å². The Kier molecular flexibility index (Phi) is 4.52. The van der Waals surface area contributed by atoms with Gasteiger partial charge in [-0.1, -0.05) is 44.6 Å². The average Bonchev–Trinajstić information content (AvgIpc) is 2.18. The minimum absolute atomic E-state index is 0.334. The maximum Gasteiger partial charge on any atom is 0.106 e. The highest BCUT2D eigenvalue weighted by Gasteiger charge is 2.10. The summed E-state index contributed by atoms with van der Waals surface area (Å²) in [6, 6.07) is 6.15. The Balaban J connectivity index is 2.74. The summed E-state index contributed by atoms with van der Waals surface area (Å²) in [4.78, 5) is 0.451. The second kappa shape index (κ2) is 5.50. The Morgan fingerprint density at radius 1 is 1.35 bits per heavy atom. The molecule has 1 aromatic rings. The molecule has 0 spiro atoms. The van der Waals surface area contributed by atoms with Crippen LogP contribution in [0.25, 0.3) is 0 Å². The van der Waals surface area contributed by atoms with Crippen molar-refractivity contribution in [2.45, 2.75) is 34.1 Å². The van der Waals surface area contributed by atoms with Gasteiger partial charge in [-0.05, 0) is 30.9 Å². The van der Waals surface area contributed by atoms with Gasteiger partial charge in [-0.15, -0.1) is 0 Å². The Bertz CT molecular complexity index is 405. The number of nitrogens with two attached hydrogens (primary N) is 1. The van der Waals surface area contributed by atoms with Gasteiger partial charge in [-0.3, -0.25) is 0 Å². The van der Waals surface area contributed by atoms with Crippen LogP contribution in [0.4, 0.5) is 5.69 Å². The van der Waals surface area contributed by atoms with E-state index in [4.69, 9.17) is 18.0 Å². The summed E-state index contributed by atoms with van der Waals surface area (Å²) >= 11 is 5.07. The quantitative estimate of drug-likeness (QED) is 0.804. The lowest BCUT2D eigenvalue weighted by molar-refractivity contribution is 0.390. The molecule has 0 unspecified atom stereocenters. The summed E-state index contributed by atoms with van der Waals surface area (Å²) in [5.41, 5.74) is 9.22. The molecule has 2 nitrogen and oxygen atoms in total. The topological polar surface area (TPSA) is 38.0 Å². The van der Waals surface area contributed by atoms with Crippen LogP contribution in [0.1, 0.15) is 38.3 Å². The first kappa shape index (κ1) is 14.0. The number of thiocarbonyl (C=S) groups is 1. The Morgan fingerprint density at radius 3 is 2.53 bits per heavy atom. The van der Waals surface area contributed by atoms with Crippen molar-refractivity contribution in [3.63, 3.8) is 0 Å². The highest BCUT2D eigenvalue weighted by molar-refractivity contribution is 7.80. The molecule has 1 aromatic carbocycles. The van der Waals surface area contributed by atoms with E-state index in [0.717, 1.165) is 24.2 Å². The van der Waals surface area contributed by atoms with E-state index in [1.54, 1.807) is 0 Å². The normalized spacial score (nSPS) is 11.3. The van der Waals surface area contributed by atoms with E-state index in [1.165, 1.54) is 5.56 Å². The number of benzene rings is 1. The minimum Gasteiger partial charge on any atom is -0.389 e. The molecular weight excluding hydrogens is 228 g/mol. The van der Waals surface area contributed by atoms with Gasteiger partial charge in [0.2, 0.25) is 0 Å². The first-order valence-corrected chi connectivity index (χ1v) is 6.35. The smallest absolute Gasteiger partial charge is 0.106 e. The first-order chi connectivity index (χ1) is 7.79. The van der Waals surface area contributed by atoms with Gasteiger partial charge in [0, 0.05) is 17.8 Å². The molecule has 0 aromatic heterocycles. The molecule has 0 fully saturated rings. The fraction of sp³-hybridized carbons (Fsp3) is 0.500. The number of aryl methyl sites for hydroxylation is 1. The van der Waals surface area contributed by atoms with Crippen LogP contribution in [0.5, 0.6) is 0 Å². The van der Waals surface area contributed by atoms with E-state index in [2.05, 4.69) is 32.2 Å². The predicted molar refractivity (Wildman–Crippen MR) is 79.6 cm³/mol. The van der Waals surface area contributed by atoms with Crippen LogP contribution < -0.4 is 11.1 Å². The highest BCUT2D eigenvalue weighted by Crippen LogP contribution is 2.21. The van der Waals surface area contributed by atoms with Crippen molar-refractivity contribution in [2.75, 3.05) is 11.9 Å². The van der Waals surface area contributed by atoms with Crippen LogP contribution in [0.2, 0.25) is 0 Å². The molecule has 94 valence electrons. The van der Waals surface area contributed by atoms with Crippen LogP contribution in [0, 0.1) is 12.3 Å². The fourth-order valence-electron chi connectivity index (χ4n) is 1.59. The zero-order chi connectivity index (χ0) is 13.1. The van der Waals surface area contributed by atoms with E-state index in [-0.39, 0.29) is 0 Å². The Hall–Kier alpha value is -1.09. The molecule has 0 radical (unpaired) electrons. The molecule has 17 heavy (non-hydrogen) atoms. The second-order valence-corrected chi connectivity index (χ2v) is 6.09. The standard InChI is InChI=1S/C14H22N2S/c1-10-5-6-12(11(9-10)13(15)17)16-8-7-14(2,3)4/h5-6,9,16H,7-8H2,1-4H3,(H2,15,17). The highest BCUT2D eigenvalue weighted by atomic mass is 32.1. The molecule has 1 rings (SSSR count). The summed E-state index contributed by atoms with van der Waals surface area (Å²) in [5, 5.41) is 3.41. The van der Waals surface area contributed by atoms with Gasteiger partial charge >= 0.3 is 0 Å². The van der Waals surface area contributed by atoms with Gasteiger partial charge in [-0.25, -0.2) is 0 Å². The third kappa shape index (κ3) is 4.73. The van der Waals surface area contributed by atoms with Crippen molar-refractivity contribution in [3.8, 4) is 0 Å². The van der Waals surface area contributed by atoms with Crippen molar-refractivity contribution in [3.05, 3.63) is 29.3 Å². The fourth-order valence-corrected chi connectivity index (χ4v) is 1.76. The molecule has 0 atom stereocenters.